The van der Waals surface area contributed by atoms with E-state index in [2.05, 4.69) is 9.97 Å². The molecule has 3 aromatic rings. The van der Waals surface area contributed by atoms with E-state index in [0.717, 1.165) is 11.8 Å². The van der Waals surface area contributed by atoms with Gasteiger partial charge in [0.25, 0.3) is 0 Å². The Kier molecular flexibility index (Phi) is 3.66. The third-order valence-electron chi connectivity index (χ3n) is 2.84. The summed E-state index contributed by atoms with van der Waals surface area (Å²) in [4.78, 5) is 8.21. The number of rotatable bonds is 2. The number of aromatic nitrogens is 2. The highest BCUT2D eigenvalue weighted by molar-refractivity contribution is 7.99. The molecule has 2 aromatic carbocycles. The van der Waals surface area contributed by atoms with Crippen molar-refractivity contribution >= 4 is 22.8 Å². The van der Waals surface area contributed by atoms with E-state index >= 15 is 0 Å². The summed E-state index contributed by atoms with van der Waals surface area (Å²) in [5.41, 5.74) is -0.451. The number of alkyl halides is 3. The van der Waals surface area contributed by atoms with E-state index < -0.39 is 11.9 Å². The van der Waals surface area contributed by atoms with Gasteiger partial charge in [0.2, 0.25) is 0 Å². The maximum absolute atomic E-state index is 13.2. The van der Waals surface area contributed by atoms with Crippen LogP contribution < -0.4 is 0 Å². The van der Waals surface area contributed by atoms with Crippen molar-refractivity contribution in [1.82, 2.24) is 9.97 Å². The van der Waals surface area contributed by atoms with Crippen LogP contribution in [0.25, 0.3) is 11.0 Å². The number of hydrogen-bond donors (Lipinski definition) is 1. The summed E-state index contributed by atoms with van der Waals surface area (Å²) in [7, 11) is 0. The summed E-state index contributed by atoms with van der Waals surface area (Å²) in [6.45, 7) is 0. The van der Waals surface area contributed by atoms with Crippen molar-refractivity contribution in [2.24, 2.45) is 0 Å². The number of benzene rings is 2. The molecule has 0 fully saturated rings. The third-order valence-corrected chi connectivity index (χ3v) is 3.81. The van der Waals surface area contributed by atoms with Crippen molar-refractivity contribution in [3.8, 4) is 5.75 Å². The normalized spacial score (nSPS) is 11.8. The average Bonchev–Trinajstić information content (AvgIpc) is 2.45. The highest BCUT2D eigenvalue weighted by Crippen LogP contribution is 2.38. The minimum atomic E-state index is -4.60. The monoisotopic (exact) mass is 322 g/mol. The molecular formula is C15H9F3N2OS. The minimum Gasteiger partial charge on any atom is -0.508 e. The van der Waals surface area contributed by atoms with Crippen molar-refractivity contribution in [1.29, 1.82) is 0 Å². The number of aromatic hydroxyl groups is 1. The number of phenolic OH excluding ortho intramolecular Hbond substituents is 1. The first-order valence-electron chi connectivity index (χ1n) is 6.24. The van der Waals surface area contributed by atoms with Gasteiger partial charge in [-0.05, 0) is 30.3 Å². The predicted octanol–water partition coefficient (Wildman–Crippen LogP) is 4.51. The molecule has 0 saturated heterocycles. The van der Waals surface area contributed by atoms with Crippen LogP contribution in [0.4, 0.5) is 13.2 Å². The number of halogens is 3. The number of para-hydroxylation sites is 2. The van der Waals surface area contributed by atoms with Gasteiger partial charge in [-0.15, -0.1) is 0 Å². The van der Waals surface area contributed by atoms with Gasteiger partial charge in [0.1, 0.15) is 10.8 Å². The molecule has 0 atom stereocenters. The van der Waals surface area contributed by atoms with Crippen LogP contribution in [0, 0.1) is 0 Å². The van der Waals surface area contributed by atoms with Crippen LogP contribution >= 0.6 is 11.8 Å². The first kappa shape index (κ1) is 14.6. The Bertz CT molecular complexity index is 836. The van der Waals surface area contributed by atoms with Crippen LogP contribution in [0.5, 0.6) is 5.75 Å². The lowest BCUT2D eigenvalue weighted by atomic mass is 10.3. The van der Waals surface area contributed by atoms with E-state index in [9.17, 15) is 18.3 Å². The number of nitrogens with zero attached hydrogens (tertiary/aromatic N) is 2. The Balaban J connectivity index is 2.13. The third kappa shape index (κ3) is 2.99. The van der Waals surface area contributed by atoms with Gasteiger partial charge < -0.3 is 5.11 Å². The topological polar surface area (TPSA) is 46.0 Å². The lowest BCUT2D eigenvalue weighted by Gasteiger charge is -2.12. The molecule has 0 bridgehead atoms. The molecule has 0 aliphatic heterocycles. The molecule has 3 nitrogen and oxygen atoms in total. The molecule has 0 saturated carbocycles. The summed E-state index contributed by atoms with van der Waals surface area (Å²) < 4.78 is 39.6. The van der Waals surface area contributed by atoms with E-state index in [1.165, 1.54) is 18.2 Å². The molecule has 1 N–H and O–H groups in total. The second-order valence-corrected chi connectivity index (χ2v) is 5.53. The standard InChI is InChI=1S/C15H9F3N2OS/c16-15(17,18)13-14(22-10-5-3-4-9(21)8-10)20-12-7-2-1-6-11(12)19-13/h1-8,21H. The lowest BCUT2D eigenvalue weighted by molar-refractivity contribution is -0.143. The smallest absolute Gasteiger partial charge is 0.436 e. The van der Waals surface area contributed by atoms with Gasteiger partial charge in [0, 0.05) is 4.90 Å². The zero-order chi connectivity index (χ0) is 15.7. The molecule has 3 rings (SSSR count). The van der Waals surface area contributed by atoms with Crippen LogP contribution in [0.2, 0.25) is 0 Å². The Hall–Kier alpha value is -2.28. The molecule has 1 aromatic heterocycles. The molecule has 0 amide bonds. The van der Waals surface area contributed by atoms with Crippen molar-refractivity contribution in [2.75, 3.05) is 0 Å². The molecule has 0 unspecified atom stereocenters. The molecule has 7 heteroatoms. The highest BCUT2D eigenvalue weighted by atomic mass is 32.2. The Morgan fingerprint density at radius 2 is 1.59 bits per heavy atom. The van der Waals surface area contributed by atoms with Crippen LogP contribution in [-0.4, -0.2) is 15.1 Å². The first-order chi connectivity index (χ1) is 10.4. The second-order valence-electron chi connectivity index (χ2n) is 4.46. The van der Waals surface area contributed by atoms with Gasteiger partial charge >= 0.3 is 6.18 Å². The fourth-order valence-electron chi connectivity index (χ4n) is 1.90. The molecule has 112 valence electrons. The zero-order valence-corrected chi connectivity index (χ0v) is 11.8. The SMILES string of the molecule is Oc1cccc(Sc2nc3ccccc3nc2C(F)(F)F)c1. The largest absolute Gasteiger partial charge is 0.508 e. The first-order valence-corrected chi connectivity index (χ1v) is 7.06. The van der Waals surface area contributed by atoms with Gasteiger partial charge in [-0.3, -0.25) is 0 Å². The van der Waals surface area contributed by atoms with E-state index in [1.54, 1.807) is 30.3 Å². The van der Waals surface area contributed by atoms with E-state index in [4.69, 9.17) is 0 Å². The molecule has 1 heterocycles. The molecule has 0 spiro atoms. The number of fused-ring (bicyclic) bond motifs is 1. The minimum absolute atomic E-state index is 0.0210. The van der Waals surface area contributed by atoms with Gasteiger partial charge in [0.15, 0.2) is 5.69 Å². The second kappa shape index (κ2) is 5.49. The van der Waals surface area contributed by atoms with Gasteiger partial charge in [-0.25, -0.2) is 9.97 Å². The van der Waals surface area contributed by atoms with E-state index in [0.29, 0.717) is 10.4 Å². The number of hydrogen-bond acceptors (Lipinski definition) is 4. The molecule has 0 aliphatic carbocycles. The number of phenols is 1. The maximum Gasteiger partial charge on any atom is 0.436 e. The van der Waals surface area contributed by atoms with Crippen molar-refractivity contribution in [2.45, 2.75) is 16.1 Å². The Morgan fingerprint density at radius 3 is 2.23 bits per heavy atom. The van der Waals surface area contributed by atoms with E-state index in [1.807, 2.05) is 0 Å². The summed E-state index contributed by atoms with van der Waals surface area (Å²) in [6.07, 6.45) is -4.60. The average molecular weight is 322 g/mol. The Morgan fingerprint density at radius 1 is 0.909 bits per heavy atom. The lowest BCUT2D eigenvalue weighted by Crippen LogP contribution is -2.11. The predicted molar refractivity (Wildman–Crippen MR) is 76.8 cm³/mol. The molecular weight excluding hydrogens is 313 g/mol. The van der Waals surface area contributed by atoms with Crippen LogP contribution in [0.3, 0.4) is 0 Å². The van der Waals surface area contributed by atoms with Crippen LogP contribution in [0.1, 0.15) is 5.69 Å². The Labute approximate surface area is 127 Å². The molecule has 0 aliphatic rings. The summed E-state index contributed by atoms with van der Waals surface area (Å²) in [5, 5.41) is 9.18. The fourth-order valence-corrected chi connectivity index (χ4v) is 2.85. The quantitative estimate of drug-likeness (QED) is 0.754. The fraction of sp³-hybridized carbons (Fsp3) is 0.0667. The van der Waals surface area contributed by atoms with E-state index in [-0.39, 0.29) is 16.3 Å². The summed E-state index contributed by atoms with van der Waals surface area (Å²) >= 11 is 0.816. The van der Waals surface area contributed by atoms with Gasteiger partial charge in [-0.2, -0.15) is 13.2 Å². The highest BCUT2D eigenvalue weighted by Gasteiger charge is 2.37. The molecule has 0 radical (unpaired) electrons. The van der Waals surface area contributed by atoms with Gasteiger partial charge in [0.05, 0.1) is 11.0 Å². The van der Waals surface area contributed by atoms with Crippen LogP contribution in [-0.2, 0) is 6.18 Å². The van der Waals surface area contributed by atoms with Crippen molar-refractivity contribution < 1.29 is 18.3 Å². The summed E-state index contributed by atoms with van der Waals surface area (Å²) in [5.74, 6) is -0.0210. The zero-order valence-electron chi connectivity index (χ0n) is 11.0. The van der Waals surface area contributed by atoms with Crippen molar-refractivity contribution in [3.63, 3.8) is 0 Å². The van der Waals surface area contributed by atoms with Crippen molar-refractivity contribution in [3.05, 3.63) is 54.2 Å². The molecule has 22 heavy (non-hydrogen) atoms. The maximum atomic E-state index is 13.2. The van der Waals surface area contributed by atoms with Crippen LogP contribution in [0.15, 0.2) is 58.5 Å². The van der Waals surface area contributed by atoms with Gasteiger partial charge in [-0.1, -0.05) is 30.0 Å². The summed E-state index contributed by atoms with van der Waals surface area (Å²) in [6, 6.07) is 12.4.